The van der Waals surface area contributed by atoms with Crippen molar-refractivity contribution in [2.24, 2.45) is 5.73 Å². The van der Waals surface area contributed by atoms with Gasteiger partial charge < -0.3 is 24.7 Å². The summed E-state index contributed by atoms with van der Waals surface area (Å²) in [5, 5.41) is 0. The summed E-state index contributed by atoms with van der Waals surface area (Å²) in [7, 11) is 1.63. The van der Waals surface area contributed by atoms with Gasteiger partial charge in [0, 0.05) is 7.11 Å². The van der Waals surface area contributed by atoms with E-state index in [2.05, 4.69) is 0 Å². The highest BCUT2D eigenvalue weighted by atomic mass is 16.6. The Kier molecular flexibility index (Phi) is 8.77. The lowest BCUT2D eigenvalue weighted by Crippen LogP contribution is -2.50. The predicted molar refractivity (Wildman–Crippen MR) is 74.5 cm³/mol. The molecule has 0 amide bonds. The lowest BCUT2D eigenvalue weighted by molar-refractivity contribution is -0.153. The van der Waals surface area contributed by atoms with Crippen molar-refractivity contribution in [1.29, 1.82) is 0 Å². The second kappa shape index (κ2) is 10.1. The van der Waals surface area contributed by atoms with Gasteiger partial charge >= 0.3 is 5.97 Å². The van der Waals surface area contributed by atoms with Gasteiger partial charge in [0.2, 0.25) is 0 Å². The summed E-state index contributed by atoms with van der Waals surface area (Å²) in [4.78, 5) is 11.9. The molecule has 0 radical (unpaired) electrons. The lowest BCUT2D eigenvalue weighted by atomic mass is 9.83. The summed E-state index contributed by atoms with van der Waals surface area (Å²) in [5.74, 6) is -0.294. The average molecular weight is 289 g/mol. The Balaban J connectivity index is 1.96. The Morgan fingerprint density at radius 3 is 2.10 bits per heavy atom. The zero-order valence-corrected chi connectivity index (χ0v) is 12.4. The first-order valence-electron chi connectivity index (χ1n) is 7.29. The van der Waals surface area contributed by atoms with Crippen LogP contribution in [-0.4, -0.2) is 58.3 Å². The highest BCUT2D eigenvalue weighted by molar-refractivity contribution is 5.80. The molecule has 1 aliphatic carbocycles. The Morgan fingerprint density at radius 2 is 1.50 bits per heavy atom. The molecule has 0 bridgehead atoms. The van der Waals surface area contributed by atoms with E-state index in [4.69, 9.17) is 24.7 Å². The predicted octanol–water partition coefficient (Wildman–Crippen LogP) is 0.871. The van der Waals surface area contributed by atoms with Gasteiger partial charge in [0.25, 0.3) is 0 Å². The first kappa shape index (κ1) is 17.4. The van der Waals surface area contributed by atoms with Gasteiger partial charge in [-0.1, -0.05) is 19.3 Å². The summed E-state index contributed by atoms with van der Waals surface area (Å²) in [5.41, 5.74) is 5.29. The molecule has 0 heterocycles. The summed E-state index contributed by atoms with van der Waals surface area (Å²) in [6, 6.07) is 0. The molecule has 1 saturated carbocycles. The van der Waals surface area contributed by atoms with E-state index in [9.17, 15) is 4.79 Å². The van der Waals surface area contributed by atoms with E-state index in [1.165, 1.54) is 0 Å². The quantitative estimate of drug-likeness (QED) is 0.475. The van der Waals surface area contributed by atoms with Crippen molar-refractivity contribution in [2.75, 3.05) is 46.8 Å². The lowest BCUT2D eigenvalue weighted by Gasteiger charge is -2.30. The number of rotatable bonds is 10. The molecular weight excluding hydrogens is 262 g/mol. The molecule has 0 unspecified atom stereocenters. The number of ether oxygens (including phenoxy) is 4. The third-order valence-electron chi connectivity index (χ3n) is 3.42. The molecule has 6 nitrogen and oxygen atoms in total. The van der Waals surface area contributed by atoms with Crippen LogP contribution in [0.2, 0.25) is 0 Å². The summed E-state index contributed by atoms with van der Waals surface area (Å²) in [6.45, 7) is 2.75. The van der Waals surface area contributed by atoms with Crippen LogP contribution in [0, 0.1) is 0 Å². The maximum absolute atomic E-state index is 11.9. The first-order chi connectivity index (χ1) is 9.69. The van der Waals surface area contributed by atoms with Crippen LogP contribution in [0.3, 0.4) is 0 Å². The molecule has 6 heteroatoms. The average Bonchev–Trinajstić information content (AvgIpc) is 2.46. The van der Waals surface area contributed by atoms with Crippen LogP contribution in [0.15, 0.2) is 0 Å². The van der Waals surface area contributed by atoms with Crippen molar-refractivity contribution in [2.45, 2.75) is 37.6 Å². The fourth-order valence-corrected chi connectivity index (χ4v) is 2.19. The standard InChI is InChI=1S/C14H27NO5/c1-17-7-8-18-9-10-19-11-12-20-13(16)14(15)5-3-2-4-6-14/h2-12,15H2,1H3. The fourth-order valence-electron chi connectivity index (χ4n) is 2.19. The zero-order chi connectivity index (χ0) is 14.7. The molecule has 20 heavy (non-hydrogen) atoms. The molecular formula is C14H27NO5. The Bertz CT molecular complexity index is 266. The van der Waals surface area contributed by atoms with Crippen molar-refractivity contribution in [3.8, 4) is 0 Å². The van der Waals surface area contributed by atoms with Gasteiger partial charge in [-0.05, 0) is 12.8 Å². The summed E-state index contributed by atoms with van der Waals surface area (Å²) < 4.78 is 20.6. The molecule has 0 aromatic rings. The largest absolute Gasteiger partial charge is 0.462 e. The smallest absolute Gasteiger partial charge is 0.326 e. The molecule has 0 aromatic heterocycles. The SMILES string of the molecule is COCCOCCOCCOC(=O)C1(N)CCCCC1. The molecule has 1 rings (SSSR count). The Hall–Kier alpha value is -0.690. The highest BCUT2D eigenvalue weighted by Gasteiger charge is 2.36. The number of carbonyl (C=O) groups excluding carboxylic acids is 1. The van der Waals surface area contributed by atoms with E-state index in [0.29, 0.717) is 33.0 Å². The fraction of sp³-hybridized carbons (Fsp3) is 0.929. The number of hydrogen-bond donors (Lipinski definition) is 1. The van der Waals surface area contributed by atoms with Crippen LogP contribution in [0.1, 0.15) is 32.1 Å². The second-order valence-corrected chi connectivity index (χ2v) is 5.07. The van der Waals surface area contributed by atoms with Gasteiger partial charge in [-0.15, -0.1) is 0 Å². The van der Waals surface area contributed by atoms with Gasteiger partial charge in [0.05, 0.1) is 33.0 Å². The van der Waals surface area contributed by atoms with Crippen LogP contribution in [0.4, 0.5) is 0 Å². The van der Waals surface area contributed by atoms with Crippen molar-refractivity contribution in [1.82, 2.24) is 0 Å². The highest BCUT2D eigenvalue weighted by Crippen LogP contribution is 2.26. The molecule has 0 spiro atoms. The van der Waals surface area contributed by atoms with Crippen LogP contribution >= 0.6 is 0 Å². The third-order valence-corrected chi connectivity index (χ3v) is 3.42. The zero-order valence-electron chi connectivity index (χ0n) is 12.4. The van der Waals surface area contributed by atoms with Gasteiger partial charge in [-0.25, -0.2) is 0 Å². The van der Waals surface area contributed by atoms with E-state index in [-0.39, 0.29) is 12.6 Å². The third kappa shape index (κ3) is 6.65. The van der Waals surface area contributed by atoms with Gasteiger partial charge in [0.1, 0.15) is 12.1 Å². The minimum absolute atomic E-state index is 0.246. The topological polar surface area (TPSA) is 80.0 Å². The minimum Gasteiger partial charge on any atom is -0.462 e. The first-order valence-corrected chi connectivity index (χ1v) is 7.29. The number of esters is 1. The summed E-state index contributed by atoms with van der Waals surface area (Å²) in [6.07, 6.45) is 4.60. The van der Waals surface area contributed by atoms with E-state index < -0.39 is 5.54 Å². The van der Waals surface area contributed by atoms with Crippen LogP contribution < -0.4 is 5.73 Å². The maximum atomic E-state index is 11.9. The number of methoxy groups -OCH3 is 1. The van der Waals surface area contributed by atoms with Crippen molar-refractivity contribution in [3.63, 3.8) is 0 Å². The minimum atomic E-state index is -0.776. The number of carbonyl (C=O) groups is 1. The molecule has 118 valence electrons. The molecule has 1 aliphatic rings. The van der Waals surface area contributed by atoms with Crippen LogP contribution in [0.25, 0.3) is 0 Å². The van der Waals surface area contributed by atoms with E-state index in [1.54, 1.807) is 7.11 Å². The molecule has 0 aliphatic heterocycles. The van der Waals surface area contributed by atoms with Crippen molar-refractivity contribution < 1.29 is 23.7 Å². The normalized spacial score (nSPS) is 17.9. The maximum Gasteiger partial charge on any atom is 0.326 e. The van der Waals surface area contributed by atoms with Crippen molar-refractivity contribution in [3.05, 3.63) is 0 Å². The molecule has 1 fully saturated rings. The van der Waals surface area contributed by atoms with E-state index in [1.807, 2.05) is 0 Å². The Morgan fingerprint density at radius 1 is 0.950 bits per heavy atom. The summed E-state index contributed by atoms with van der Waals surface area (Å²) >= 11 is 0. The molecule has 0 saturated heterocycles. The van der Waals surface area contributed by atoms with Crippen LogP contribution in [-0.2, 0) is 23.7 Å². The second-order valence-electron chi connectivity index (χ2n) is 5.07. The molecule has 2 N–H and O–H groups in total. The number of nitrogens with two attached hydrogens (primary N) is 1. The van der Waals surface area contributed by atoms with Gasteiger partial charge in [-0.3, -0.25) is 4.79 Å². The number of hydrogen-bond acceptors (Lipinski definition) is 6. The molecule has 0 atom stereocenters. The molecule has 0 aromatic carbocycles. The van der Waals surface area contributed by atoms with Crippen LogP contribution in [0.5, 0.6) is 0 Å². The van der Waals surface area contributed by atoms with E-state index in [0.717, 1.165) is 32.1 Å². The Labute approximate surface area is 120 Å². The van der Waals surface area contributed by atoms with Gasteiger partial charge in [-0.2, -0.15) is 0 Å². The van der Waals surface area contributed by atoms with Crippen molar-refractivity contribution >= 4 is 5.97 Å². The monoisotopic (exact) mass is 289 g/mol. The van der Waals surface area contributed by atoms with E-state index >= 15 is 0 Å². The van der Waals surface area contributed by atoms with Gasteiger partial charge in [0.15, 0.2) is 0 Å².